The van der Waals surface area contributed by atoms with Crippen LogP contribution in [0.5, 0.6) is 11.5 Å². The summed E-state index contributed by atoms with van der Waals surface area (Å²) in [5.41, 5.74) is 4.54. The molecule has 0 fully saturated rings. The predicted molar refractivity (Wildman–Crippen MR) is 180 cm³/mol. The van der Waals surface area contributed by atoms with Gasteiger partial charge in [-0.1, -0.05) is 50.2 Å². The van der Waals surface area contributed by atoms with Crippen LogP contribution in [0.4, 0.5) is 0 Å². The molecule has 10 heteroatoms. The van der Waals surface area contributed by atoms with Crippen LogP contribution in [0.3, 0.4) is 0 Å². The Kier molecular flexibility index (Phi) is 11.1. The molecule has 43 heavy (non-hydrogen) atoms. The fraction of sp³-hybridized carbons (Fsp3) is 0.212. The van der Waals surface area contributed by atoms with Crippen LogP contribution in [0.1, 0.15) is 56.8 Å². The first-order valence-electron chi connectivity index (χ1n) is 13.0. The normalized spacial score (nSPS) is 11.2. The Balaban J connectivity index is 1.49. The van der Waals surface area contributed by atoms with Crippen molar-refractivity contribution in [2.45, 2.75) is 32.5 Å². The molecule has 6 nitrogen and oxygen atoms in total. The quantitative estimate of drug-likeness (QED) is 0.117. The highest BCUT2D eigenvalue weighted by atomic mass is 79.9. The number of esters is 2. The van der Waals surface area contributed by atoms with Crippen molar-refractivity contribution in [3.8, 4) is 11.5 Å². The van der Waals surface area contributed by atoms with E-state index in [1.807, 2.05) is 36.4 Å². The Morgan fingerprint density at radius 2 is 1.02 bits per heavy atom. The van der Waals surface area contributed by atoms with E-state index in [-0.39, 0.29) is 11.9 Å². The maximum atomic E-state index is 11.7. The van der Waals surface area contributed by atoms with Crippen molar-refractivity contribution in [2.75, 3.05) is 14.2 Å². The zero-order valence-corrected chi connectivity index (χ0v) is 30.1. The monoisotopic (exact) mass is 836 g/mol. The molecule has 4 aromatic rings. The van der Waals surface area contributed by atoms with Crippen LogP contribution in [0.15, 0.2) is 90.7 Å². The fourth-order valence-corrected chi connectivity index (χ4v) is 7.73. The van der Waals surface area contributed by atoms with Gasteiger partial charge in [0.25, 0.3) is 0 Å². The van der Waals surface area contributed by atoms with Crippen LogP contribution in [0.25, 0.3) is 0 Å². The van der Waals surface area contributed by atoms with Crippen molar-refractivity contribution in [2.24, 2.45) is 0 Å². The van der Waals surface area contributed by atoms with Gasteiger partial charge >= 0.3 is 11.9 Å². The molecule has 0 bridgehead atoms. The van der Waals surface area contributed by atoms with Gasteiger partial charge in [-0.15, -0.1) is 0 Å². The van der Waals surface area contributed by atoms with E-state index in [1.54, 1.807) is 24.3 Å². The van der Waals surface area contributed by atoms with Crippen molar-refractivity contribution >= 4 is 75.7 Å². The van der Waals surface area contributed by atoms with E-state index in [0.29, 0.717) is 30.1 Å². The minimum absolute atomic E-state index is 0.303. The van der Waals surface area contributed by atoms with Gasteiger partial charge in [0.1, 0.15) is 24.7 Å². The first kappa shape index (κ1) is 33.2. The zero-order valence-electron chi connectivity index (χ0n) is 23.8. The van der Waals surface area contributed by atoms with E-state index < -0.39 is 5.41 Å². The second kappa shape index (κ2) is 14.4. The smallest absolute Gasteiger partial charge is 0.337 e. The number of hydrogen-bond donors (Lipinski definition) is 0. The van der Waals surface area contributed by atoms with Crippen LogP contribution in [-0.4, -0.2) is 26.2 Å². The molecule has 4 rings (SSSR count). The molecule has 0 atom stereocenters. The summed E-state index contributed by atoms with van der Waals surface area (Å²) in [5, 5.41) is 0. The molecule has 0 aliphatic heterocycles. The van der Waals surface area contributed by atoms with Crippen molar-refractivity contribution in [1.82, 2.24) is 0 Å². The number of carbonyl (C=O) groups is 2. The molecular weight excluding hydrogens is 812 g/mol. The molecule has 0 radical (unpaired) electrons. The van der Waals surface area contributed by atoms with Crippen molar-refractivity contribution in [1.29, 1.82) is 0 Å². The van der Waals surface area contributed by atoms with Crippen molar-refractivity contribution < 1.29 is 28.5 Å². The van der Waals surface area contributed by atoms with Crippen molar-refractivity contribution in [3.63, 3.8) is 0 Å². The maximum absolute atomic E-state index is 11.7. The van der Waals surface area contributed by atoms with E-state index in [4.69, 9.17) is 18.9 Å². The summed E-state index contributed by atoms with van der Waals surface area (Å²) in [4.78, 5) is 23.4. The zero-order chi connectivity index (χ0) is 31.3. The highest BCUT2D eigenvalue weighted by molar-refractivity contribution is 9.14. The molecule has 4 aromatic carbocycles. The molecular formula is C33H28Br4O6. The van der Waals surface area contributed by atoms with Crippen LogP contribution in [0.2, 0.25) is 0 Å². The molecule has 0 unspecified atom stereocenters. The molecule has 0 aliphatic rings. The van der Waals surface area contributed by atoms with Gasteiger partial charge in [-0.2, -0.15) is 0 Å². The van der Waals surface area contributed by atoms with E-state index in [0.717, 1.165) is 45.9 Å². The third-order valence-electron chi connectivity index (χ3n) is 6.96. The molecule has 0 spiro atoms. The van der Waals surface area contributed by atoms with E-state index >= 15 is 0 Å². The van der Waals surface area contributed by atoms with Crippen LogP contribution in [0, 0.1) is 0 Å². The standard InChI is InChI=1S/C33H28Br4O6/c1-33(2,23-13-15-24(16-14-23)42-17-19-5-9-21(10-6-19)31(38)40-3)25-26(34)28(36)30(29(37)27(25)35)43-18-20-7-11-22(12-8-20)32(39)41-4/h5-16H,17-18H2,1-4H3. The number of halogens is 4. The third kappa shape index (κ3) is 7.53. The Bertz CT molecular complexity index is 1590. The summed E-state index contributed by atoms with van der Waals surface area (Å²) < 4.78 is 25.0. The second-order valence-electron chi connectivity index (χ2n) is 10.1. The summed E-state index contributed by atoms with van der Waals surface area (Å²) in [5.74, 6) is 0.628. The van der Waals surface area contributed by atoms with Gasteiger partial charge in [0.15, 0.2) is 0 Å². The number of benzene rings is 4. The van der Waals surface area contributed by atoms with Gasteiger partial charge in [-0.3, -0.25) is 0 Å². The lowest BCUT2D eigenvalue weighted by molar-refractivity contribution is 0.0592. The van der Waals surface area contributed by atoms with Gasteiger partial charge < -0.3 is 18.9 Å². The summed E-state index contributed by atoms with van der Waals surface area (Å²) in [6.45, 7) is 4.98. The summed E-state index contributed by atoms with van der Waals surface area (Å²) >= 11 is 15.1. The molecule has 0 heterocycles. The van der Waals surface area contributed by atoms with Crippen LogP contribution in [-0.2, 0) is 28.1 Å². The molecule has 0 saturated carbocycles. The molecule has 224 valence electrons. The topological polar surface area (TPSA) is 71.1 Å². The minimum atomic E-state index is -0.410. The van der Waals surface area contributed by atoms with E-state index in [1.165, 1.54) is 14.2 Å². The summed E-state index contributed by atoms with van der Waals surface area (Å²) in [7, 11) is 2.72. The average molecular weight is 840 g/mol. The van der Waals surface area contributed by atoms with Gasteiger partial charge in [0, 0.05) is 14.4 Å². The Morgan fingerprint density at radius 1 is 0.605 bits per heavy atom. The van der Waals surface area contributed by atoms with Crippen LogP contribution < -0.4 is 9.47 Å². The highest BCUT2D eigenvalue weighted by Crippen LogP contribution is 2.51. The largest absolute Gasteiger partial charge is 0.489 e. The third-order valence-corrected chi connectivity index (χ3v) is 11.1. The number of ether oxygens (including phenoxy) is 4. The number of methoxy groups -OCH3 is 2. The lowest BCUT2D eigenvalue weighted by atomic mass is 9.78. The Morgan fingerprint density at radius 3 is 1.44 bits per heavy atom. The SMILES string of the molecule is COC(=O)c1ccc(COc2ccc(C(C)(C)c3c(Br)c(Br)c(OCc4ccc(C(=O)OC)cc4)c(Br)c3Br)cc2)cc1. The van der Waals surface area contributed by atoms with Gasteiger partial charge in [-0.25, -0.2) is 9.59 Å². The molecule has 0 saturated heterocycles. The summed E-state index contributed by atoms with van der Waals surface area (Å²) in [6, 6.07) is 22.3. The molecule has 0 aromatic heterocycles. The fourth-order valence-electron chi connectivity index (χ4n) is 4.43. The van der Waals surface area contributed by atoms with Gasteiger partial charge in [-0.05, 0) is 122 Å². The predicted octanol–water partition coefficient (Wildman–Crippen LogP) is 9.79. The van der Waals surface area contributed by atoms with E-state index in [2.05, 4.69) is 89.7 Å². The lowest BCUT2D eigenvalue weighted by Crippen LogP contribution is -2.21. The average Bonchev–Trinajstić information content (AvgIpc) is 3.02. The lowest BCUT2D eigenvalue weighted by Gasteiger charge is -2.30. The second-order valence-corrected chi connectivity index (χ2v) is 13.2. The van der Waals surface area contributed by atoms with Crippen LogP contribution >= 0.6 is 63.7 Å². The van der Waals surface area contributed by atoms with Crippen molar-refractivity contribution in [3.05, 3.63) is 124 Å². The maximum Gasteiger partial charge on any atom is 0.337 e. The number of hydrogen-bond acceptors (Lipinski definition) is 6. The first-order chi connectivity index (χ1) is 20.5. The molecule has 0 aliphatic carbocycles. The molecule has 0 amide bonds. The summed E-state index contributed by atoms with van der Waals surface area (Å²) in [6.07, 6.45) is 0. The van der Waals surface area contributed by atoms with Gasteiger partial charge in [0.2, 0.25) is 0 Å². The Hall–Kier alpha value is -2.66. The number of carbonyl (C=O) groups excluding carboxylic acids is 2. The first-order valence-corrected chi connectivity index (χ1v) is 16.2. The van der Waals surface area contributed by atoms with E-state index in [9.17, 15) is 9.59 Å². The van der Waals surface area contributed by atoms with Gasteiger partial charge in [0.05, 0.1) is 34.3 Å². The Labute approximate surface area is 284 Å². The number of rotatable bonds is 10. The minimum Gasteiger partial charge on any atom is -0.489 e. The highest BCUT2D eigenvalue weighted by Gasteiger charge is 2.32. The molecule has 0 N–H and O–H groups in total.